The number of benzene rings is 18. The average molecular weight is 1410 g/mol. The van der Waals surface area contributed by atoms with Crippen LogP contribution in [0.2, 0.25) is 0 Å². The van der Waals surface area contributed by atoms with Crippen LogP contribution in [0.4, 0.5) is 34.1 Å². The number of nitrogens with zero attached hydrogens (tertiary/aromatic N) is 4. The predicted octanol–water partition coefficient (Wildman–Crippen LogP) is 21.0. The van der Waals surface area contributed by atoms with E-state index in [1.165, 1.54) is 95.4 Å². The molecule has 0 aliphatic rings. The molecule has 0 radical (unpaired) electrons. The zero-order chi connectivity index (χ0) is 71.5. The largest absolute Gasteiger partial charge is 0.310 e. The number of hydrogen-bond acceptors (Lipinski definition) is 2. The van der Waals surface area contributed by atoms with Crippen LogP contribution in [0.3, 0.4) is 0 Å². The van der Waals surface area contributed by atoms with Gasteiger partial charge in [0, 0.05) is 67.0 Å². The molecule has 4 nitrogen and oxygen atoms in total. The van der Waals surface area contributed by atoms with Gasteiger partial charge in [0.15, 0.2) is 16.1 Å². The lowest BCUT2D eigenvalue weighted by Crippen LogP contribution is -2.74. The van der Waals surface area contributed by atoms with E-state index in [1.807, 2.05) is 0 Å². The number of aromatic nitrogens is 2. The van der Waals surface area contributed by atoms with E-state index in [9.17, 15) is 0 Å². The van der Waals surface area contributed by atoms with E-state index in [4.69, 9.17) is 0 Å². The van der Waals surface area contributed by atoms with Crippen molar-refractivity contribution in [2.24, 2.45) is 0 Å². The van der Waals surface area contributed by atoms with Crippen LogP contribution in [0.1, 0.15) is 0 Å². The van der Waals surface area contributed by atoms with Crippen LogP contribution in [-0.4, -0.2) is 25.3 Å². The van der Waals surface area contributed by atoms with Gasteiger partial charge in [-0.25, -0.2) is 0 Å². The molecule has 0 saturated carbocycles. The molecule has 2 aromatic heterocycles. The molecule has 108 heavy (non-hydrogen) atoms. The van der Waals surface area contributed by atoms with Crippen molar-refractivity contribution in [2.75, 3.05) is 9.80 Å². The summed E-state index contributed by atoms with van der Waals surface area (Å²) in [7, 11) is -5.64. The van der Waals surface area contributed by atoms with Crippen molar-refractivity contribution in [2.45, 2.75) is 0 Å². The van der Waals surface area contributed by atoms with Crippen molar-refractivity contribution < 1.29 is 0 Å². The Morgan fingerprint density at radius 1 is 0.167 bits per heavy atom. The predicted molar refractivity (Wildman–Crippen MR) is 464 cm³/mol. The third kappa shape index (κ3) is 10.6. The van der Waals surface area contributed by atoms with Gasteiger partial charge in [0.1, 0.15) is 0 Å². The van der Waals surface area contributed by atoms with Crippen molar-refractivity contribution in [3.8, 4) is 11.4 Å². The van der Waals surface area contributed by atoms with Gasteiger partial charge in [0.2, 0.25) is 0 Å². The molecule has 0 aliphatic heterocycles. The van der Waals surface area contributed by atoms with Crippen molar-refractivity contribution in [3.05, 3.63) is 437 Å². The maximum Gasteiger partial charge on any atom is 0.179 e. The smallest absolute Gasteiger partial charge is 0.179 e. The summed E-state index contributed by atoms with van der Waals surface area (Å²) in [6.07, 6.45) is 0. The number of hydrogen-bond donors (Lipinski definition) is 0. The molecule has 0 bridgehead atoms. The highest BCUT2D eigenvalue weighted by atomic mass is 28.3. The van der Waals surface area contributed by atoms with Gasteiger partial charge < -0.3 is 18.9 Å². The summed E-state index contributed by atoms with van der Waals surface area (Å²) in [4.78, 5) is 4.88. The third-order valence-corrected chi connectivity index (χ3v) is 32.0. The molecular weight excluding hydrogens is 1340 g/mol. The maximum absolute atomic E-state index is 2.82. The molecule has 0 amide bonds. The van der Waals surface area contributed by atoms with Crippen LogP contribution in [0.15, 0.2) is 437 Å². The second-order valence-corrected chi connectivity index (χ2v) is 35.9. The Morgan fingerprint density at radius 3 is 0.741 bits per heavy atom. The molecule has 0 N–H and O–H groups in total. The normalized spacial score (nSPS) is 11.9. The summed E-state index contributed by atoms with van der Waals surface area (Å²) >= 11 is 0. The first-order valence-corrected chi connectivity index (χ1v) is 41.3. The van der Waals surface area contributed by atoms with E-state index in [0.717, 1.165) is 67.6 Å². The lowest BCUT2D eigenvalue weighted by atomic mass is 9.99. The second kappa shape index (κ2) is 26.8. The minimum absolute atomic E-state index is 1.06. The molecule has 0 atom stereocenters. The van der Waals surface area contributed by atoms with Gasteiger partial charge in [-0.15, -0.1) is 0 Å². The SMILES string of the molecule is c1ccc(N(c2ccc3ccc([Si](c4ccccc4)(c4ccccc4)c4ccccc4)cc3c2)c2ccc3c4c5ccc6c(c5ccc4n(-c4ccccc4)c3c2)c2ccc(N(c3ccccc3)c3ccc4ccc([Si](c5ccccc5)(c5ccccc5)c5ccccc5)cc4c3)cc2n6-c2ccccc2)cc1. The third-order valence-electron chi connectivity index (χ3n) is 22.5. The summed E-state index contributed by atoms with van der Waals surface area (Å²) in [5, 5.41) is 22.8. The molecule has 0 saturated heterocycles. The first kappa shape index (κ1) is 64.0. The lowest BCUT2D eigenvalue weighted by molar-refractivity contribution is 1.18. The maximum atomic E-state index is 2.49. The molecule has 508 valence electrons. The molecule has 0 unspecified atom stereocenters. The molecule has 18 aromatic carbocycles. The summed E-state index contributed by atoms with van der Waals surface area (Å²) in [6, 6.07) is 163. The fourth-order valence-electron chi connectivity index (χ4n) is 17.8. The highest BCUT2D eigenvalue weighted by molar-refractivity contribution is 7.20. The van der Waals surface area contributed by atoms with Crippen molar-refractivity contribution in [1.29, 1.82) is 0 Å². The van der Waals surface area contributed by atoms with Crippen LogP contribution in [0.5, 0.6) is 0 Å². The number of anilines is 6. The molecular formula is C102H72N4Si2. The van der Waals surface area contributed by atoms with Gasteiger partial charge in [0.05, 0.1) is 22.1 Å². The molecule has 0 aliphatic carbocycles. The van der Waals surface area contributed by atoms with Crippen LogP contribution < -0.4 is 51.3 Å². The van der Waals surface area contributed by atoms with Crippen LogP contribution >= 0.6 is 0 Å². The zero-order valence-corrected chi connectivity index (χ0v) is 61.4. The zero-order valence-electron chi connectivity index (χ0n) is 59.4. The summed E-state index contributed by atoms with van der Waals surface area (Å²) in [6.45, 7) is 0. The average Bonchev–Trinajstić information content (AvgIpc) is 1.56. The Kier molecular flexibility index (Phi) is 15.9. The van der Waals surface area contributed by atoms with Gasteiger partial charge in [-0.1, -0.05) is 328 Å². The van der Waals surface area contributed by atoms with E-state index in [0.29, 0.717) is 0 Å². The Bertz CT molecular complexity index is 6100. The van der Waals surface area contributed by atoms with Crippen LogP contribution in [0, 0.1) is 0 Å². The monoisotopic (exact) mass is 1410 g/mol. The van der Waals surface area contributed by atoms with E-state index in [2.05, 4.69) is 456 Å². The van der Waals surface area contributed by atoms with Crippen LogP contribution in [-0.2, 0) is 0 Å². The minimum Gasteiger partial charge on any atom is -0.310 e. The van der Waals surface area contributed by atoms with Gasteiger partial charge in [-0.3, -0.25) is 0 Å². The Hall–Kier alpha value is -13.6. The van der Waals surface area contributed by atoms with E-state index < -0.39 is 16.1 Å². The summed E-state index contributed by atoms with van der Waals surface area (Å²) in [5.74, 6) is 0. The highest BCUT2D eigenvalue weighted by Crippen LogP contribution is 2.47. The molecule has 6 heteroatoms. The van der Waals surface area contributed by atoms with Crippen LogP contribution in [0.25, 0.3) is 87.3 Å². The number of rotatable bonds is 16. The van der Waals surface area contributed by atoms with E-state index in [-0.39, 0.29) is 0 Å². The number of fused-ring (bicyclic) bond motifs is 11. The lowest BCUT2D eigenvalue weighted by Gasteiger charge is -2.34. The minimum atomic E-state index is -2.82. The fraction of sp³-hybridized carbons (Fsp3) is 0. The second-order valence-electron chi connectivity index (χ2n) is 28.3. The van der Waals surface area contributed by atoms with Crippen molar-refractivity contribution in [1.82, 2.24) is 9.13 Å². The van der Waals surface area contributed by atoms with Crippen molar-refractivity contribution in [3.63, 3.8) is 0 Å². The summed E-state index contributed by atoms with van der Waals surface area (Å²) < 4.78 is 4.96. The molecule has 20 rings (SSSR count). The van der Waals surface area contributed by atoms with Gasteiger partial charge >= 0.3 is 0 Å². The van der Waals surface area contributed by atoms with E-state index >= 15 is 0 Å². The first-order valence-electron chi connectivity index (χ1n) is 37.3. The van der Waals surface area contributed by atoms with Gasteiger partial charge in [-0.05, 0) is 183 Å². The Morgan fingerprint density at radius 2 is 0.426 bits per heavy atom. The number of para-hydroxylation sites is 4. The molecule has 2 heterocycles. The molecule has 20 aromatic rings. The Labute approximate surface area is 630 Å². The highest BCUT2D eigenvalue weighted by Gasteiger charge is 2.43. The van der Waals surface area contributed by atoms with Gasteiger partial charge in [-0.2, -0.15) is 0 Å². The topological polar surface area (TPSA) is 16.3 Å². The Balaban J connectivity index is 0.753. The molecule has 0 spiro atoms. The first-order chi connectivity index (χ1) is 53.6. The fourth-order valence-corrected chi connectivity index (χ4v) is 27.4. The molecule has 0 fully saturated rings. The van der Waals surface area contributed by atoms with E-state index in [1.54, 1.807) is 0 Å². The summed E-state index contributed by atoms with van der Waals surface area (Å²) in [5.41, 5.74) is 13.2. The quantitative estimate of drug-likeness (QED) is 0.0708. The van der Waals surface area contributed by atoms with Crippen molar-refractivity contribution >= 4 is 168 Å². The van der Waals surface area contributed by atoms with Gasteiger partial charge in [0.25, 0.3) is 0 Å². The standard InChI is InChI=1S/C102H72N4Si2/c1-11-31-77(32-12-1)103(81-55-51-73-53-59-91(69-75(73)67-81)107(85-39-19-5-20-40-85,86-41-21-6-22-42-86)87-43-23-7-24-44-87)83-57-61-95-99(71-83)105(79-35-15-3-16-36-79)97-65-63-94-93(101(95)97)64-66-98-102(94)96-62-58-84(72-100(96)106(98)80-37-17-4-18-38-80)104(78-33-13-2-14-34-78)82-56-52-74-54-60-92(70-76(74)68-82)108(88-45-25-8-26-46-88,89-47-27-9-28-48-89)90-49-29-10-30-50-90/h1-72H.